The van der Waals surface area contributed by atoms with E-state index in [1.54, 1.807) is 0 Å². The van der Waals surface area contributed by atoms with Crippen LogP contribution in [0.2, 0.25) is 0 Å². The fraction of sp³-hybridized carbons (Fsp3) is 0.611. The van der Waals surface area contributed by atoms with E-state index >= 15 is 0 Å². The third-order valence-corrected chi connectivity index (χ3v) is 5.19. The summed E-state index contributed by atoms with van der Waals surface area (Å²) in [6.45, 7) is 6.14. The van der Waals surface area contributed by atoms with E-state index in [1.807, 2.05) is 29.2 Å². The van der Waals surface area contributed by atoms with Crippen molar-refractivity contribution < 1.29 is 14.3 Å². The molecule has 3 aliphatic heterocycles. The van der Waals surface area contributed by atoms with Crippen molar-refractivity contribution in [1.82, 2.24) is 4.90 Å². The van der Waals surface area contributed by atoms with Crippen LogP contribution in [0.4, 0.5) is 5.69 Å². The van der Waals surface area contributed by atoms with E-state index in [1.165, 1.54) is 12.8 Å². The van der Waals surface area contributed by atoms with E-state index in [0.29, 0.717) is 19.9 Å². The summed E-state index contributed by atoms with van der Waals surface area (Å²) in [5.41, 5.74) is 1.79. The van der Waals surface area contributed by atoms with E-state index in [4.69, 9.17) is 9.47 Å². The van der Waals surface area contributed by atoms with Crippen LogP contribution in [-0.4, -0.2) is 43.8 Å². The Hall–Kier alpha value is -1.43. The highest BCUT2D eigenvalue weighted by atomic mass is 16.7. The van der Waals surface area contributed by atoms with Gasteiger partial charge in [-0.15, -0.1) is 0 Å². The van der Waals surface area contributed by atoms with Crippen molar-refractivity contribution in [3.63, 3.8) is 0 Å². The van der Waals surface area contributed by atoms with Crippen LogP contribution in [0.5, 0.6) is 0 Å². The van der Waals surface area contributed by atoms with Crippen LogP contribution in [0.15, 0.2) is 24.3 Å². The Morgan fingerprint density at radius 2 is 1.87 bits per heavy atom. The summed E-state index contributed by atoms with van der Waals surface area (Å²) in [7, 11) is 0. The molecule has 2 saturated heterocycles. The molecule has 0 radical (unpaired) electrons. The number of carbonyl (C=O) groups is 1. The van der Waals surface area contributed by atoms with Crippen molar-refractivity contribution in [2.45, 2.75) is 32.0 Å². The van der Waals surface area contributed by atoms with Gasteiger partial charge in [-0.3, -0.25) is 14.6 Å². The lowest BCUT2D eigenvalue weighted by Gasteiger charge is -2.35. The monoisotopic (exact) mass is 316 g/mol. The Bertz CT molecular complexity index is 590. The van der Waals surface area contributed by atoms with Gasteiger partial charge in [0.25, 0.3) is 11.7 Å². The zero-order valence-electron chi connectivity index (χ0n) is 13.7. The summed E-state index contributed by atoms with van der Waals surface area (Å²) >= 11 is 0. The number of hydrogen-bond acceptors (Lipinski definition) is 4. The van der Waals surface area contributed by atoms with Gasteiger partial charge in [0.05, 0.1) is 25.6 Å². The number of anilines is 1. The number of amides is 1. The van der Waals surface area contributed by atoms with Crippen molar-refractivity contribution in [3.8, 4) is 0 Å². The molecular formula is C18H24N2O3. The first-order chi connectivity index (χ1) is 11.2. The highest BCUT2D eigenvalue weighted by Gasteiger charge is 2.54. The molecule has 3 heterocycles. The predicted octanol–water partition coefficient (Wildman–Crippen LogP) is 2.31. The fourth-order valence-electron chi connectivity index (χ4n) is 3.74. The molecule has 0 aliphatic carbocycles. The van der Waals surface area contributed by atoms with Crippen molar-refractivity contribution in [3.05, 3.63) is 29.8 Å². The molecule has 0 N–H and O–H groups in total. The van der Waals surface area contributed by atoms with Gasteiger partial charge >= 0.3 is 0 Å². The first kappa shape index (κ1) is 15.1. The van der Waals surface area contributed by atoms with Crippen molar-refractivity contribution in [1.29, 1.82) is 0 Å². The molecule has 1 amide bonds. The number of fused-ring (bicyclic) bond motifs is 2. The van der Waals surface area contributed by atoms with Crippen molar-refractivity contribution >= 4 is 11.6 Å². The van der Waals surface area contributed by atoms with Gasteiger partial charge in [0.15, 0.2) is 0 Å². The van der Waals surface area contributed by atoms with Crippen LogP contribution in [0, 0.1) is 5.92 Å². The highest BCUT2D eigenvalue weighted by molar-refractivity contribution is 6.06. The Labute approximate surface area is 137 Å². The number of piperidine rings is 1. The van der Waals surface area contributed by atoms with E-state index < -0.39 is 5.79 Å². The lowest BCUT2D eigenvalue weighted by atomic mass is 10.00. The number of ether oxygens (including phenoxy) is 2. The first-order valence-electron chi connectivity index (χ1n) is 8.62. The number of hydrogen-bond donors (Lipinski definition) is 0. The maximum absolute atomic E-state index is 13.1. The number of carbonyl (C=O) groups excluding carboxylic acids is 1. The summed E-state index contributed by atoms with van der Waals surface area (Å²) in [6, 6.07) is 7.87. The number of nitrogens with zero attached hydrogens (tertiary/aromatic N) is 2. The second-order valence-corrected chi connectivity index (χ2v) is 6.86. The number of rotatable bonds is 2. The largest absolute Gasteiger partial charge is 0.338 e. The van der Waals surface area contributed by atoms with Gasteiger partial charge in [-0.2, -0.15) is 0 Å². The highest BCUT2D eigenvalue weighted by Crippen LogP contribution is 2.45. The molecule has 4 rings (SSSR count). The summed E-state index contributed by atoms with van der Waals surface area (Å²) in [4.78, 5) is 17.3. The first-order valence-corrected chi connectivity index (χ1v) is 8.62. The maximum atomic E-state index is 13.1. The Kier molecular flexibility index (Phi) is 3.87. The summed E-state index contributed by atoms with van der Waals surface area (Å²) < 4.78 is 11.7. The van der Waals surface area contributed by atoms with Gasteiger partial charge in [0.1, 0.15) is 0 Å². The third-order valence-electron chi connectivity index (χ3n) is 5.19. The standard InChI is InChI=1S/C18H24N2O3/c1-14-7-9-19(10-8-14)13-20-16-6-3-2-5-15(16)18(17(20)21)22-11-4-12-23-18/h2-3,5-6,14H,4,7-13H2,1H3. The number of benzene rings is 1. The predicted molar refractivity (Wildman–Crippen MR) is 87.0 cm³/mol. The molecule has 1 spiro atoms. The minimum Gasteiger partial charge on any atom is -0.338 e. The molecular weight excluding hydrogens is 292 g/mol. The molecule has 23 heavy (non-hydrogen) atoms. The van der Waals surface area contributed by atoms with Gasteiger partial charge in [-0.05, 0) is 31.2 Å². The SMILES string of the molecule is CC1CCN(CN2C(=O)C3(OCCCO3)c3ccccc32)CC1. The molecule has 0 atom stereocenters. The van der Waals surface area contributed by atoms with Crippen LogP contribution in [0.1, 0.15) is 31.7 Å². The summed E-state index contributed by atoms with van der Waals surface area (Å²) in [5.74, 6) is -0.501. The zero-order chi connectivity index (χ0) is 15.9. The zero-order valence-corrected chi connectivity index (χ0v) is 13.7. The average Bonchev–Trinajstić information content (AvgIpc) is 2.81. The molecule has 0 saturated carbocycles. The summed E-state index contributed by atoms with van der Waals surface area (Å²) in [6.07, 6.45) is 3.23. The molecule has 3 aliphatic rings. The Morgan fingerprint density at radius 1 is 1.17 bits per heavy atom. The van der Waals surface area contributed by atoms with Crippen molar-refractivity contribution in [2.75, 3.05) is 37.9 Å². The molecule has 0 bridgehead atoms. The molecule has 5 nitrogen and oxygen atoms in total. The molecule has 124 valence electrons. The minimum absolute atomic E-state index is 0.0722. The second-order valence-electron chi connectivity index (χ2n) is 6.86. The fourth-order valence-corrected chi connectivity index (χ4v) is 3.74. The van der Waals surface area contributed by atoms with Crippen LogP contribution in [-0.2, 0) is 20.1 Å². The number of para-hydroxylation sites is 1. The Morgan fingerprint density at radius 3 is 2.61 bits per heavy atom. The average molecular weight is 316 g/mol. The van der Waals surface area contributed by atoms with E-state index in [0.717, 1.165) is 36.7 Å². The smallest absolute Gasteiger partial charge is 0.293 e. The van der Waals surface area contributed by atoms with E-state index in [-0.39, 0.29) is 5.91 Å². The van der Waals surface area contributed by atoms with Gasteiger partial charge in [-0.1, -0.05) is 25.1 Å². The lowest BCUT2D eigenvalue weighted by molar-refractivity contribution is -0.257. The number of likely N-dealkylation sites (tertiary alicyclic amines) is 1. The molecule has 2 fully saturated rings. The van der Waals surface area contributed by atoms with E-state index in [2.05, 4.69) is 11.8 Å². The second kappa shape index (κ2) is 5.89. The molecule has 1 aromatic carbocycles. The van der Waals surface area contributed by atoms with Crippen LogP contribution < -0.4 is 4.90 Å². The van der Waals surface area contributed by atoms with Gasteiger partial charge < -0.3 is 9.47 Å². The van der Waals surface area contributed by atoms with Crippen LogP contribution in [0.3, 0.4) is 0 Å². The maximum Gasteiger partial charge on any atom is 0.293 e. The Balaban J connectivity index is 1.62. The topological polar surface area (TPSA) is 42.0 Å². The normalized spacial score (nSPS) is 25.1. The third kappa shape index (κ3) is 2.47. The van der Waals surface area contributed by atoms with Gasteiger partial charge in [0.2, 0.25) is 0 Å². The molecule has 1 aromatic rings. The lowest BCUT2D eigenvalue weighted by Crippen LogP contribution is -2.50. The van der Waals surface area contributed by atoms with Crippen LogP contribution >= 0.6 is 0 Å². The molecule has 0 unspecified atom stereocenters. The summed E-state index contributed by atoms with van der Waals surface area (Å²) in [5, 5.41) is 0. The quantitative estimate of drug-likeness (QED) is 0.840. The van der Waals surface area contributed by atoms with Crippen molar-refractivity contribution in [2.24, 2.45) is 5.92 Å². The van der Waals surface area contributed by atoms with Gasteiger partial charge in [-0.25, -0.2) is 0 Å². The van der Waals surface area contributed by atoms with Gasteiger partial charge in [0, 0.05) is 18.7 Å². The minimum atomic E-state index is -1.21. The van der Waals surface area contributed by atoms with Crippen LogP contribution in [0.25, 0.3) is 0 Å². The molecule has 0 aromatic heterocycles. The van der Waals surface area contributed by atoms with E-state index in [9.17, 15) is 4.79 Å². The molecule has 5 heteroatoms.